The third-order valence-corrected chi connectivity index (χ3v) is 4.05. The molecule has 1 rings (SSSR count). The van der Waals surface area contributed by atoms with Crippen LogP contribution in [0.3, 0.4) is 0 Å². The van der Waals surface area contributed by atoms with Crippen LogP contribution in [-0.2, 0) is 11.3 Å². The van der Waals surface area contributed by atoms with Crippen LogP contribution in [0.15, 0.2) is 24.3 Å². The average molecular weight is 359 g/mol. The van der Waals surface area contributed by atoms with Gasteiger partial charge in [0.05, 0.1) is 11.6 Å². The van der Waals surface area contributed by atoms with Crippen LogP contribution in [-0.4, -0.2) is 55.0 Å². The molecule has 0 saturated heterocycles. The van der Waals surface area contributed by atoms with E-state index in [1.54, 1.807) is 17.0 Å². The Bertz CT molecular complexity index is 622. The molecule has 3 N–H and O–H groups in total. The molecule has 1 unspecified atom stereocenters. The number of benzene rings is 1. The normalized spacial score (nSPS) is 11.7. The van der Waals surface area contributed by atoms with Crippen molar-refractivity contribution in [2.24, 2.45) is 5.73 Å². The van der Waals surface area contributed by atoms with Crippen LogP contribution < -0.4 is 11.1 Å². The smallest absolute Gasteiger partial charge is 0.312 e. The fourth-order valence-corrected chi connectivity index (χ4v) is 2.55. The van der Waals surface area contributed by atoms with Gasteiger partial charge < -0.3 is 20.9 Å². The van der Waals surface area contributed by atoms with Gasteiger partial charge in [-0.2, -0.15) is 5.26 Å². The first-order valence-electron chi connectivity index (χ1n) is 8.85. The number of nitrogens with one attached hydrogen (secondary N) is 1. The fourth-order valence-electron chi connectivity index (χ4n) is 2.55. The number of amides is 3. The van der Waals surface area contributed by atoms with Crippen molar-refractivity contribution in [3.8, 4) is 6.07 Å². The standard InChI is InChI=1S/C19H29N5O2/c1-4-5-6-17(22-19(21)26)18(25)24(12-11-23(2)3)14-16-9-7-15(13-20)8-10-16/h7-10,17H,4-6,11-12,14H2,1-3H3,(H3,21,22,26). The maximum Gasteiger partial charge on any atom is 0.312 e. The topological polar surface area (TPSA) is 102 Å². The number of nitrogens with zero attached hydrogens (tertiary/aromatic N) is 3. The quantitative estimate of drug-likeness (QED) is 0.663. The van der Waals surface area contributed by atoms with Gasteiger partial charge in [0.15, 0.2) is 0 Å². The number of carbonyl (C=O) groups is 2. The minimum Gasteiger partial charge on any atom is -0.352 e. The molecule has 0 fully saturated rings. The summed E-state index contributed by atoms with van der Waals surface area (Å²) in [4.78, 5) is 28.0. The largest absolute Gasteiger partial charge is 0.352 e. The number of nitriles is 1. The zero-order valence-electron chi connectivity index (χ0n) is 15.9. The molecule has 0 heterocycles. The number of urea groups is 1. The average Bonchev–Trinajstić information content (AvgIpc) is 2.61. The second kappa shape index (κ2) is 11.1. The molecule has 0 radical (unpaired) electrons. The zero-order valence-corrected chi connectivity index (χ0v) is 15.9. The summed E-state index contributed by atoms with van der Waals surface area (Å²) in [6.45, 7) is 3.70. The predicted octanol–water partition coefficient (Wildman–Crippen LogP) is 1.68. The Kier molecular flexibility index (Phi) is 9.17. The number of primary amides is 1. The summed E-state index contributed by atoms with van der Waals surface area (Å²) in [6.07, 6.45) is 2.32. The van der Waals surface area contributed by atoms with Gasteiger partial charge in [0.2, 0.25) is 5.91 Å². The van der Waals surface area contributed by atoms with Crippen LogP contribution in [0.4, 0.5) is 4.79 Å². The van der Waals surface area contributed by atoms with Crippen molar-refractivity contribution in [1.82, 2.24) is 15.1 Å². The maximum absolute atomic E-state index is 13.0. The molecule has 0 bridgehead atoms. The van der Waals surface area contributed by atoms with Crippen molar-refractivity contribution >= 4 is 11.9 Å². The van der Waals surface area contributed by atoms with Crippen LogP contribution in [0.5, 0.6) is 0 Å². The molecule has 7 nitrogen and oxygen atoms in total. The first-order chi connectivity index (χ1) is 12.4. The van der Waals surface area contributed by atoms with E-state index in [-0.39, 0.29) is 5.91 Å². The first-order valence-corrected chi connectivity index (χ1v) is 8.85. The Balaban J connectivity index is 2.94. The molecule has 1 aromatic rings. The van der Waals surface area contributed by atoms with Crippen LogP contribution in [0.25, 0.3) is 0 Å². The fraction of sp³-hybridized carbons (Fsp3) is 0.526. The van der Waals surface area contributed by atoms with E-state index in [0.29, 0.717) is 31.6 Å². The SMILES string of the molecule is CCCCC(NC(N)=O)C(=O)N(CCN(C)C)Cc1ccc(C#N)cc1. The van der Waals surface area contributed by atoms with Gasteiger partial charge >= 0.3 is 6.03 Å². The maximum atomic E-state index is 13.0. The molecular formula is C19H29N5O2. The Labute approximate surface area is 155 Å². The minimum absolute atomic E-state index is 0.136. The van der Waals surface area contributed by atoms with Gasteiger partial charge in [0, 0.05) is 19.6 Å². The Morgan fingerprint density at radius 2 is 1.88 bits per heavy atom. The molecule has 0 aromatic heterocycles. The number of likely N-dealkylation sites (N-methyl/N-ethyl adjacent to an activating group) is 1. The summed E-state index contributed by atoms with van der Waals surface area (Å²) in [6, 6.07) is 7.94. The highest BCUT2D eigenvalue weighted by Crippen LogP contribution is 2.11. The van der Waals surface area contributed by atoms with E-state index in [4.69, 9.17) is 11.0 Å². The summed E-state index contributed by atoms with van der Waals surface area (Å²) in [5.41, 5.74) is 6.76. The summed E-state index contributed by atoms with van der Waals surface area (Å²) in [5, 5.41) is 11.5. The van der Waals surface area contributed by atoms with Crippen molar-refractivity contribution in [1.29, 1.82) is 5.26 Å². The molecule has 7 heteroatoms. The predicted molar refractivity (Wildman–Crippen MR) is 101 cm³/mol. The molecule has 1 aromatic carbocycles. The second-order valence-electron chi connectivity index (χ2n) is 6.58. The molecule has 142 valence electrons. The lowest BCUT2D eigenvalue weighted by Gasteiger charge is -2.29. The van der Waals surface area contributed by atoms with Crippen LogP contribution in [0.1, 0.15) is 37.3 Å². The van der Waals surface area contributed by atoms with Gasteiger partial charge in [-0.15, -0.1) is 0 Å². The van der Waals surface area contributed by atoms with E-state index in [1.807, 2.05) is 38.1 Å². The van der Waals surface area contributed by atoms with Crippen LogP contribution >= 0.6 is 0 Å². The summed E-state index contributed by atoms with van der Waals surface area (Å²) in [7, 11) is 3.89. The lowest BCUT2D eigenvalue weighted by Crippen LogP contribution is -2.51. The van der Waals surface area contributed by atoms with Crippen molar-refractivity contribution in [3.05, 3.63) is 35.4 Å². The number of hydrogen-bond acceptors (Lipinski definition) is 4. The van der Waals surface area contributed by atoms with Gasteiger partial charge in [-0.25, -0.2) is 4.79 Å². The molecular weight excluding hydrogens is 330 g/mol. The van der Waals surface area contributed by atoms with Crippen LogP contribution in [0.2, 0.25) is 0 Å². The highest BCUT2D eigenvalue weighted by molar-refractivity contribution is 5.86. The number of rotatable bonds is 10. The van der Waals surface area contributed by atoms with Crippen molar-refractivity contribution in [3.63, 3.8) is 0 Å². The molecule has 0 spiro atoms. The second-order valence-corrected chi connectivity index (χ2v) is 6.58. The first kappa shape index (κ1) is 21.5. The van der Waals surface area contributed by atoms with E-state index in [0.717, 1.165) is 18.4 Å². The van der Waals surface area contributed by atoms with Gasteiger partial charge in [-0.05, 0) is 38.2 Å². The van der Waals surface area contributed by atoms with Gasteiger partial charge in [0.25, 0.3) is 0 Å². The van der Waals surface area contributed by atoms with E-state index in [9.17, 15) is 9.59 Å². The summed E-state index contributed by atoms with van der Waals surface area (Å²) < 4.78 is 0. The molecule has 3 amide bonds. The summed E-state index contributed by atoms with van der Waals surface area (Å²) >= 11 is 0. The molecule has 26 heavy (non-hydrogen) atoms. The minimum atomic E-state index is -0.689. The Morgan fingerprint density at radius 1 is 1.23 bits per heavy atom. The third-order valence-electron chi connectivity index (χ3n) is 4.05. The van der Waals surface area contributed by atoms with Crippen molar-refractivity contribution in [2.45, 2.75) is 38.8 Å². The molecule has 0 saturated carbocycles. The molecule has 0 aliphatic carbocycles. The molecule has 1 atom stereocenters. The van der Waals surface area contributed by atoms with Gasteiger partial charge in [-0.1, -0.05) is 31.9 Å². The number of unbranched alkanes of at least 4 members (excludes halogenated alkanes) is 1. The highest BCUT2D eigenvalue weighted by atomic mass is 16.2. The number of hydrogen-bond donors (Lipinski definition) is 2. The van der Waals surface area contributed by atoms with E-state index in [1.165, 1.54) is 0 Å². The van der Waals surface area contributed by atoms with Crippen LogP contribution in [0, 0.1) is 11.3 Å². The molecule has 0 aliphatic heterocycles. The summed E-state index contributed by atoms with van der Waals surface area (Å²) in [5.74, 6) is -0.136. The molecule has 0 aliphatic rings. The van der Waals surface area contributed by atoms with E-state index >= 15 is 0 Å². The lowest BCUT2D eigenvalue weighted by molar-refractivity contribution is -0.134. The zero-order chi connectivity index (χ0) is 19.5. The van der Waals surface area contributed by atoms with E-state index < -0.39 is 12.1 Å². The Morgan fingerprint density at radius 3 is 2.38 bits per heavy atom. The monoisotopic (exact) mass is 359 g/mol. The van der Waals surface area contributed by atoms with Gasteiger partial charge in [-0.3, -0.25) is 4.79 Å². The van der Waals surface area contributed by atoms with Crippen molar-refractivity contribution < 1.29 is 9.59 Å². The van der Waals surface area contributed by atoms with Crippen molar-refractivity contribution in [2.75, 3.05) is 27.2 Å². The highest BCUT2D eigenvalue weighted by Gasteiger charge is 2.25. The Hall–Kier alpha value is -2.59. The van der Waals surface area contributed by atoms with E-state index in [2.05, 4.69) is 11.4 Å². The lowest BCUT2D eigenvalue weighted by atomic mass is 10.1. The third kappa shape index (κ3) is 7.53. The number of carbonyl (C=O) groups excluding carboxylic acids is 2. The number of nitrogens with two attached hydrogens (primary N) is 1. The van der Waals surface area contributed by atoms with Gasteiger partial charge in [0.1, 0.15) is 6.04 Å².